The first-order chi connectivity index (χ1) is 17.2. The number of benzene rings is 2. The van der Waals surface area contributed by atoms with Crippen molar-refractivity contribution < 1.29 is 19.4 Å². The molecule has 0 bridgehead atoms. The van der Waals surface area contributed by atoms with E-state index in [9.17, 15) is 14.7 Å². The zero-order valence-electron chi connectivity index (χ0n) is 22.4. The zero-order chi connectivity index (χ0) is 26.4. The first-order valence-electron chi connectivity index (χ1n) is 12.7. The van der Waals surface area contributed by atoms with Gasteiger partial charge < -0.3 is 24.5 Å². The molecule has 7 heteroatoms. The molecule has 36 heavy (non-hydrogen) atoms. The van der Waals surface area contributed by atoms with Crippen molar-refractivity contribution in [3.05, 3.63) is 64.7 Å². The number of carbonyl (C=O) groups excluding carboxylic acids is 2. The van der Waals surface area contributed by atoms with E-state index < -0.39 is 17.7 Å². The number of likely N-dealkylation sites (tertiary alicyclic amines) is 1. The van der Waals surface area contributed by atoms with E-state index in [4.69, 9.17) is 4.74 Å². The lowest BCUT2D eigenvalue weighted by atomic mass is 9.94. The molecule has 3 rings (SSSR count). The molecule has 0 radical (unpaired) electrons. The molecule has 2 aromatic carbocycles. The molecule has 0 aromatic heterocycles. The smallest absolute Gasteiger partial charge is 0.295 e. The largest absolute Gasteiger partial charge is 0.507 e. The van der Waals surface area contributed by atoms with Gasteiger partial charge in [0.2, 0.25) is 0 Å². The van der Waals surface area contributed by atoms with E-state index in [1.54, 1.807) is 23.1 Å². The number of aliphatic hydroxyl groups is 1. The molecule has 1 amide bonds. The summed E-state index contributed by atoms with van der Waals surface area (Å²) in [7, 11) is 3.92. The number of amides is 1. The van der Waals surface area contributed by atoms with Crippen LogP contribution < -0.4 is 9.64 Å². The molecule has 1 atom stereocenters. The standard InChI is InChI=1S/C29H39N3O4/c1-7-18-36-24-15-12-22(19-20(24)4)27(33)25-26(21-10-13-23(14-11-21)30(5)6)32(29(35)28(25)34)17-16-31(8-2)9-3/h10-15,19,26,33H,7-9,16-18H2,1-6H3/t26-/m0/s1. The van der Waals surface area contributed by atoms with E-state index in [1.165, 1.54) is 0 Å². The van der Waals surface area contributed by atoms with E-state index in [0.717, 1.165) is 42.1 Å². The number of hydrogen-bond donors (Lipinski definition) is 1. The van der Waals surface area contributed by atoms with E-state index in [0.29, 0.717) is 25.3 Å². The topological polar surface area (TPSA) is 73.3 Å². The number of anilines is 1. The van der Waals surface area contributed by atoms with Gasteiger partial charge in [-0.05, 0) is 67.9 Å². The fourth-order valence-electron chi connectivity index (χ4n) is 4.53. The Balaban J connectivity index is 2.08. The maximum absolute atomic E-state index is 13.3. The van der Waals surface area contributed by atoms with Crippen LogP contribution in [0, 0.1) is 6.92 Å². The predicted molar refractivity (Wildman–Crippen MR) is 145 cm³/mol. The number of ether oxygens (including phenoxy) is 1. The maximum atomic E-state index is 13.3. The summed E-state index contributed by atoms with van der Waals surface area (Å²) >= 11 is 0. The van der Waals surface area contributed by atoms with E-state index in [-0.39, 0.29) is 11.3 Å². The summed E-state index contributed by atoms with van der Waals surface area (Å²) in [5, 5.41) is 11.4. The second kappa shape index (κ2) is 12.1. The lowest BCUT2D eigenvalue weighted by Gasteiger charge is -2.28. The molecule has 7 nitrogen and oxygen atoms in total. The minimum atomic E-state index is -0.659. The molecule has 0 saturated carbocycles. The number of hydrogen-bond acceptors (Lipinski definition) is 6. The van der Waals surface area contributed by atoms with Gasteiger partial charge in [0.25, 0.3) is 11.7 Å². The highest BCUT2D eigenvalue weighted by atomic mass is 16.5. The number of nitrogens with zero attached hydrogens (tertiary/aromatic N) is 3. The normalized spacial score (nSPS) is 17.2. The van der Waals surface area contributed by atoms with Crippen molar-refractivity contribution in [3.8, 4) is 5.75 Å². The molecule has 1 aliphatic heterocycles. The van der Waals surface area contributed by atoms with E-state index in [1.807, 2.05) is 57.1 Å². The lowest BCUT2D eigenvalue weighted by Crippen LogP contribution is -2.38. The van der Waals surface area contributed by atoms with Crippen LogP contribution in [0.4, 0.5) is 5.69 Å². The Hall–Kier alpha value is -3.32. The third-order valence-electron chi connectivity index (χ3n) is 6.73. The molecule has 1 N–H and O–H groups in total. The fourth-order valence-corrected chi connectivity index (χ4v) is 4.53. The SMILES string of the molecule is CCCOc1ccc(C(O)=C2C(=O)C(=O)N(CCN(CC)CC)[C@H]2c2ccc(N(C)C)cc2)cc1C. The van der Waals surface area contributed by atoms with Gasteiger partial charge in [0.15, 0.2) is 0 Å². The molecule has 0 aliphatic carbocycles. The molecule has 1 saturated heterocycles. The molecular formula is C29H39N3O4. The molecular weight excluding hydrogens is 454 g/mol. The third-order valence-corrected chi connectivity index (χ3v) is 6.73. The number of ketones is 1. The summed E-state index contributed by atoms with van der Waals surface area (Å²) in [5.74, 6) is -0.655. The molecule has 2 aromatic rings. The highest BCUT2D eigenvalue weighted by Crippen LogP contribution is 2.40. The first kappa shape index (κ1) is 27.3. The fraction of sp³-hybridized carbons (Fsp3) is 0.448. The molecule has 1 fully saturated rings. The summed E-state index contributed by atoms with van der Waals surface area (Å²) in [6, 6.07) is 12.5. The van der Waals surface area contributed by atoms with Crippen molar-refractivity contribution in [1.29, 1.82) is 0 Å². The van der Waals surface area contributed by atoms with Crippen molar-refractivity contribution in [2.75, 3.05) is 51.8 Å². The summed E-state index contributed by atoms with van der Waals surface area (Å²) in [6.07, 6.45) is 0.894. The van der Waals surface area contributed by atoms with Crippen molar-refractivity contribution >= 4 is 23.1 Å². The molecule has 1 heterocycles. The van der Waals surface area contributed by atoms with Crippen LogP contribution in [0.3, 0.4) is 0 Å². The van der Waals surface area contributed by atoms with Gasteiger partial charge in [-0.2, -0.15) is 0 Å². The molecule has 0 unspecified atom stereocenters. The zero-order valence-corrected chi connectivity index (χ0v) is 22.4. The predicted octanol–water partition coefficient (Wildman–Crippen LogP) is 4.61. The van der Waals surface area contributed by atoms with Crippen LogP contribution >= 0.6 is 0 Å². The van der Waals surface area contributed by atoms with Gasteiger partial charge in [-0.3, -0.25) is 9.59 Å². The van der Waals surface area contributed by atoms with Crippen LogP contribution in [0.25, 0.3) is 5.76 Å². The third kappa shape index (κ3) is 5.73. The monoisotopic (exact) mass is 493 g/mol. The van der Waals surface area contributed by atoms with Gasteiger partial charge in [-0.1, -0.05) is 32.9 Å². The maximum Gasteiger partial charge on any atom is 0.295 e. The second-order valence-corrected chi connectivity index (χ2v) is 9.33. The molecule has 1 aliphatic rings. The van der Waals surface area contributed by atoms with Crippen molar-refractivity contribution in [3.63, 3.8) is 0 Å². The number of aliphatic hydroxyl groups excluding tert-OH is 1. The van der Waals surface area contributed by atoms with Crippen LogP contribution in [-0.4, -0.2) is 73.5 Å². The van der Waals surface area contributed by atoms with Crippen molar-refractivity contribution in [2.24, 2.45) is 0 Å². The number of carbonyl (C=O) groups is 2. The Morgan fingerprint density at radius 2 is 1.69 bits per heavy atom. The highest BCUT2D eigenvalue weighted by molar-refractivity contribution is 6.46. The highest BCUT2D eigenvalue weighted by Gasteiger charge is 2.46. The Morgan fingerprint density at radius 3 is 2.25 bits per heavy atom. The van der Waals surface area contributed by atoms with E-state index in [2.05, 4.69) is 18.7 Å². The summed E-state index contributed by atoms with van der Waals surface area (Å²) in [4.78, 5) is 32.3. The van der Waals surface area contributed by atoms with Crippen molar-refractivity contribution in [2.45, 2.75) is 40.2 Å². The number of rotatable bonds is 11. The Bertz CT molecular complexity index is 1100. The van der Waals surface area contributed by atoms with Crippen LogP contribution in [0.15, 0.2) is 48.0 Å². The quantitative estimate of drug-likeness (QED) is 0.280. The average molecular weight is 494 g/mol. The Morgan fingerprint density at radius 1 is 1.03 bits per heavy atom. The van der Waals surface area contributed by atoms with E-state index >= 15 is 0 Å². The second-order valence-electron chi connectivity index (χ2n) is 9.33. The number of aryl methyl sites for hydroxylation is 1. The van der Waals surface area contributed by atoms with Crippen LogP contribution in [-0.2, 0) is 9.59 Å². The van der Waals surface area contributed by atoms with Gasteiger partial charge in [-0.15, -0.1) is 0 Å². The summed E-state index contributed by atoms with van der Waals surface area (Å²) < 4.78 is 5.76. The van der Waals surface area contributed by atoms with Crippen LogP contribution in [0.1, 0.15) is 49.9 Å². The Labute approximate surface area is 215 Å². The van der Waals surface area contributed by atoms with Gasteiger partial charge in [-0.25, -0.2) is 0 Å². The average Bonchev–Trinajstić information content (AvgIpc) is 3.13. The Kier molecular flexibility index (Phi) is 9.15. The minimum absolute atomic E-state index is 0.124. The van der Waals surface area contributed by atoms with Gasteiger partial charge in [0.05, 0.1) is 18.2 Å². The summed E-state index contributed by atoms with van der Waals surface area (Å²) in [6.45, 7) is 11.5. The van der Waals surface area contributed by atoms with Gasteiger partial charge >= 0.3 is 0 Å². The van der Waals surface area contributed by atoms with Gasteiger partial charge in [0, 0.05) is 38.4 Å². The summed E-state index contributed by atoms with van der Waals surface area (Å²) in [5.41, 5.74) is 3.28. The van der Waals surface area contributed by atoms with Gasteiger partial charge in [0.1, 0.15) is 11.5 Å². The van der Waals surface area contributed by atoms with Crippen LogP contribution in [0.2, 0.25) is 0 Å². The minimum Gasteiger partial charge on any atom is -0.507 e. The number of Topliss-reactive ketones (excluding diaryl/α,β-unsaturated/α-hetero) is 1. The number of likely N-dealkylation sites (N-methyl/N-ethyl adjacent to an activating group) is 1. The van der Waals surface area contributed by atoms with Crippen LogP contribution in [0.5, 0.6) is 5.75 Å². The first-order valence-corrected chi connectivity index (χ1v) is 12.7. The lowest BCUT2D eigenvalue weighted by molar-refractivity contribution is -0.140. The molecule has 194 valence electrons. The molecule has 0 spiro atoms. The van der Waals surface area contributed by atoms with Crippen molar-refractivity contribution in [1.82, 2.24) is 9.80 Å².